The molecule has 5 nitrogen and oxygen atoms in total. The molecule has 5 heteroatoms. The van der Waals surface area contributed by atoms with Gasteiger partial charge >= 0.3 is 0 Å². The third-order valence-electron chi connectivity index (χ3n) is 3.52. The minimum atomic E-state index is -0.377. The molecule has 1 N–H and O–H groups in total. The van der Waals surface area contributed by atoms with E-state index in [4.69, 9.17) is 0 Å². The minimum absolute atomic E-state index is 0.0777. The molecule has 110 valence electrons. The Hall–Kier alpha value is -2.56. The summed E-state index contributed by atoms with van der Waals surface area (Å²) in [5.41, 5.74) is 3.83. The van der Waals surface area contributed by atoms with E-state index in [1.807, 2.05) is 30.1 Å². The van der Waals surface area contributed by atoms with E-state index in [0.29, 0.717) is 0 Å². The lowest BCUT2D eigenvalue weighted by Crippen LogP contribution is -2.10. The Morgan fingerprint density at radius 2 is 1.81 bits per heavy atom. The van der Waals surface area contributed by atoms with Crippen LogP contribution >= 0.6 is 0 Å². The summed E-state index contributed by atoms with van der Waals surface area (Å²) >= 11 is 0. The summed E-state index contributed by atoms with van der Waals surface area (Å²) in [6.07, 6.45) is 0.991. The first-order valence-electron chi connectivity index (χ1n) is 6.85. The number of hydrogen-bond acceptors (Lipinski definition) is 4. The number of benzene rings is 2. The molecule has 0 radical (unpaired) electrons. The van der Waals surface area contributed by atoms with Crippen LogP contribution in [0.1, 0.15) is 12.5 Å². The van der Waals surface area contributed by atoms with E-state index in [1.54, 1.807) is 13.1 Å². The standard InChI is InChI=1S/C16H19N3O2/c1-4-12-5-7-14(8-6-12)18(3)15-9-13(17-2)10-16(11-15)19(20)21/h5-11,17H,4H2,1-3H3. The summed E-state index contributed by atoms with van der Waals surface area (Å²) in [4.78, 5) is 12.6. The number of aryl methyl sites for hydroxylation is 1. The van der Waals surface area contributed by atoms with Gasteiger partial charge in [0, 0.05) is 43.3 Å². The Kier molecular flexibility index (Phi) is 4.42. The van der Waals surface area contributed by atoms with Crippen molar-refractivity contribution in [3.05, 3.63) is 58.1 Å². The number of nitrogens with one attached hydrogen (secondary N) is 1. The molecule has 0 aromatic heterocycles. The number of anilines is 3. The molecule has 0 spiro atoms. The van der Waals surface area contributed by atoms with Crippen molar-refractivity contribution < 1.29 is 4.92 Å². The zero-order valence-electron chi connectivity index (χ0n) is 12.5. The normalized spacial score (nSPS) is 10.2. The number of nitro groups is 1. The molecule has 0 saturated carbocycles. The first-order valence-corrected chi connectivity index (χ1v) is 6.85. The van der Waals surface area contributed by atoms with E-state index >= 15 is 0 Å². The first-order chi connectivity index (χ1) is 10.0. The van der Waals surface area contributed by atoms with Crippen molar-refractivity contribution in [2.45, 2.75) is 13.3 Å². The number of nitro benzene ring substituents is 1. The van der Waals surface area contributed by atoms with Crippen molar-refractivity contribution in [1.29, 1.82) is 0 Å². The molecule has 0 aliphatic heterocycles. The van der Waals surface area contributed by atoms with Crippen molar-refractivity contribution in [1.82, 2.24) is 0 Å². The summed E-state index contributed by atoms with van der Waals surface area (Å²) in [5.74, 6) is 0. The Morgan fingerprint density at radius 1 is 1.14 bits per heavy atom. The predicted molar refractivity (Wildman–Crippen MR) is 86.5 cm³/mol. The highest BCUT2D eigenvalue weighted by atomic mass is 16.6. The second kappa shape index (κ2) is 6.26. The van der Waals surface area contributed by atoms with Crippen molar-refractivity contribution in [2.24, 2.45) is 0 Å². The van der Waals surface area contributed by atoms with Gasteiger partial charge in [0.25, 0.3) is 5.69 Å². The summed E-state index contributed by atoms with van der Waals surface area (Å²) in [5, 5.41) is 14.0. The quantitative estimate of drug-likeness (QED) is 0.667. The molecule has 2 rings (SSSR count). The van der Waals surface area contributed by atoms with Crippen LogP contribution in [0.2, 0.25) is 0 Å². The smallest absolute Gasteiger partial charge is 0.273 e. The maximum atomic E-state index is 11.0. The molecule has 2 aromatic rings. The molecule has 0 saturated heterocycles. The molecule has 0 heterocycles. The molecule has 0 amide bonds. The van der Waals surface area contributed by atoms with E-state index in [0.717, 1.165) is 23.5 Å². The SMILES string of the molecule is CCc1ccc(N(C)c2cc(NC)cc([N+](=O)[O-])c2)cc1. The van der Waals surface area contributed by atoms with Gasteiger partial charge in [0.1, 0.15) is 0 Å². The Morgan fingerprint density at radius 3 is 2.33 bits per heavy atom. The molecular weight excluding hydrogens is 266 g/mol. The van der Waals surface area contributed by atoms with Crippen LogP contribution in [0.25, 0.3) is 0 Å². The number of non-ortho nitro benzene ring substituents is 1. The molecule has 0 unspecified atom stereocenters. The Balaban J connectivity index is 2.38. The van der Waals surface area contributed by atoms with Gasteiger partial charge in [0.15, 0.2) is 0 Å². The molecule has 21 heavy (non-hydrogen) atoms. The number of nitrogens with zero attached hydrogens (tertiary/aromatic N) is 2. The second-order valence-electron chi connectivity index (χ2n) is 4.82. The van der Waals surface area contributed by atoms with E-state index in [2.05, 4.69) is 24.4 Å². The summed E-state index contributed by atoms with van der Waals surface area (Å²) < 4.78 is 0. The number of hydrogen-bond donors (Lipinski definition) is 1. The molecule has 0 bridgehead atoms. The third-order valence-corrected chi connectivity index (χ3v) is 3.52. The van der Waals surface area contributed by atoms with E-state index in [9.17, 15) is 10.1 Å². The maximum absolute atomic E-state index is 11.0. The summed E-state index contributed by atoms with van der Waals surface area (Å²) in [7, 11) is 3.65. The average molecular weight is 285 g/mol. The molecular formula is C16H19N3O2. The topological polar surface area (TPSA) is 58.4 Å². The molecule has 0 atom stereocenters. The van der Waals surface area contributed by atoms with Crippen LogP contribution in [0.15, 0.2) is 42.5 Å². The number of rotatable bonds is 5. The second-order valence-corrected chi connectivity index (χ2v) is 4.82. The molecule has 0 fully saturated rings. The highest BCUT2D eigenvalue weighted by Gasteiger charge is 2.12. The van der Waals surface area contributed by atoms with Crippen LogP contribution in [0.3, 0.4) is 0 Å². The lowest BCUT2D eigenvalue weighted by atomic mass is 10.1. The molecule has 2 aromatic carbocycles. The minimum Gasteiger partial charge on any atom is -0.388 e. The van der Waals surface area contributed by atoms with Gasteiger partial charge in [-0.1, -0.05) is 19.1 Å². The van der Waals surface area contributed by atoms with Gasteiger partial charge in [0.05, 0.1) is 4.92 Å². The van der Waals surface area contributed by atoms with Crippen LogP contribution in [-0.2, 0) is 6.42 Å². The molecule has 0 aliphatic rings. The Labute approximate surface area is 124 Å². The summed E-state index contributed by atoms with van der Waals surface area (Å²) in [6, 6.07) is 13.2. The van der Waals surface area contributed by atoms with Crippen LogP contribution in [0, 0.1) is 10.1 Å². The van der Waals surface area contributed by atoms with E-state index in [-0.39, 0.29) is 10.6 Å². The largest absolute Gasteiger partial charge is 0.388 e. The lowest BCUT2D eigenvalue weighted by molar-refractivity contribution is -0.384. The lowest BCUT2D eigenvalue weighted by Gasteiger charge is -2.20. The first kappa shape index (κ1) is 14.8. The summed E-state index contributed by atoms with van der Waals surface area (Å²) in [6.45, 7) is 2.11. The fourth-order valence-electron chi connectivity index (χ4n) is 2.14. The van der Waals surface area contributed by atoms with E-state index in [1.165, 1.54) is 11.6 Å². The van der Waals surface area contributed by atoms with Crippen LogP contribution < -0.4 is 10.2 Å². The highest BCUT2D eigenvalue weighted by molar-refractivity contribution is 5.70. The van der Waals surface area contributed by atoms with Gasteiger partial charge in [-0.05, 0) is 30.2 Å². The predicted octanol–water partition coefficient (Wildman–Crippen LogP) is 3.97. The van der Waals surface area contributed by atoms with Gasteiger partial charge < -0.3 is 10.2 Å². The van der Waals surface area contributed by atoms with Crippen molar-refractivity contribution in [2.75, 3.05) is 24.3 Å². The van der Waals surface area contributed by atoms with E-state index < -0.39 is 0 Å². The maximum Gasteiger partial charge on any atom is 0.273 e. The van der Waals surface area contributed by atoms with Gasteiger partial charge in [0.2, 0.25) is 0 Å². The van der Waals surface area contributed by atoms with Crippen LogP contribution in [0.5, 0.6) is 0 Å². The monoisotopic (exact) mass is 285 g/mol. The zero-order chi connectivity index (χ0) is 15.4. The van der Waals surface area contributed by atoms with Crippen molar-refractivity contribution in [3.63, 3.8) is 0 Å². The van der Waals surface area contributed by atoms with Gasteiger partial charge in [-0.2, -0.15) is 0 Å². The fraction of sp³-hybridized carbons (Fsp3) is 0.250. The van der Waals surface area contributed by atoms with Gasteiger partial charge in [-0.15, -0.1) is 0 Å². The van der Waals surface area contributed by atoms with Crippen LogP contribution in [0.4, 0.5) is 22.7 Å². The fourth-order valence-corrected chi connectivity index (χ4v) is 2.14. The molecule has 0 aliphatic carbocycles. The highest BCUT2D eigenvalue weighted by Crippen LogP contribution is 2.30. The van der Waals surface area contributed by atoms with Crippen molar-refractivity contribution >= 4 is 22.7 Å². The van der Waals surface area contributed by atoms with Crippen LogP contribution in [-0.4, -0.2) is 19.0 Å². The average Bonchev–Trinajstić information content (AvgIpc) is 2.53. The third kappa shape index (κ3) is 3.31. The van der Waals surface area contributed by atoms with Gasteiger partial charge in [-0.25, -0.2) is 0 Å². The van der Waals surface area contributed by atoms with Crippen molar-refractivity contribution in [3.8, 4) is 0 Å². The Bertz CT molecular complexity index is 638. The zero-order valence-corrected chi connectivity index (χ0v) is 12.5. The van der Waals surface area contributed by atoms with Gasteiger partial charge in [-0.3, -0.25) is 10.1 Å².